The summed E-state index contributed by atoms with van der Waals surface area (Å²) < 4.78 is 5.23. The highest BCUT2D eigenvalue weighted by Crippen LogP contribution is 2.21. The molecule has 3 rings (SSSR count). The van der Waals surface area contributed by atoms with Gasteiger partial charge in [0.05, 0.1) is 12.5 Å². The van der Waals surface area contributed by atoms with Crippen molar-refractivity contribution in [3.05, 3.63) is 65.4 Å². The van der Waals surface area contributed by atoms with Gasteiger partial charge in [-0.15, -0.1) is 0 Å². The number of carbonyl (C=O) groups is 2. The van der Waals surface area contributed by atoms with Crippen LogP contribution in [0.25, 0.3) is 10.9 Å². The van der Waals surface area contributed by atoms with Crippen molar-refractivity contribution in [3.63, 3.8) is 0 Å². The molecular formula is C25H27N3O3. The van der Waals surface area contributed by atoms with Crippen molar-refractivity contribution in [1.29, 1.82) is 5.26 Å². The fourth-order valence-corrected chi connectivity index (χ4v) is 3.72. The zero-order chi connectivity index (χ0) is 22.2. The Hall–Kier alpha value is -3.59. The molecule has 0 atom stereocenters. The van der Waals surface area contributed by atoms with Crippen LogP contribution in [0.3, 0.4) is 0 Å². The van der Waals surface area contributed by atoms with E-state index in [4.69, 9.17) is 10.00 Å². The Balaban J connectivity index is 1.52. The molecule has 0 saturated heterocycles. The number of anilines is 1. The van der Waals surface area contributed by atoms with Crippen LogP contribution >= 0.6 is 0 Å². The fourth-order valence-electron chi connectivity index (χ4n) is 3.72. The molecule has 0 spiro atoms. The molecule has 2 aromatic carbocycles. The summed E-state index contributed by atoms with van der Waals surface area (Å²) in [6, 6.07) is 15.9. The highest BCUT2D eigenvalue weighted by Gasteiger charge is 2.18. The normalized spacial score (nSPS) is 10.6. The molecule has 6 nitrogen and oxygen atoms in total. The number of nitriles is 1. The van der Waals surface area contributed by atoms with Crippen LogP contribution in [-0.4, -0.2) is 30.0 Å². The van der Waals surface area contributed by atoms with Crippen LogP contribution < -0.4 is 4.90 Å². The molecule has 1 amide bonds. The Morgan fingerprint density at radius 2 is 1.87 bits per heavy atom. The molecule has 1 heterocycles. The van der Waals surface area contributed by atoms with Crippen LogP contribution in [0.5, 0.6) is 0 Å². The average Bonchev–Trinajstić information content (AvgIpc) is 3.15. The smallest absolute Gasteiger partial charge is 0.306 e. The monoisotopic (exact) mass is 417 g/mol. The van der Waals surface area contributed by atoms with Crippen molar-refractivity contribution in [1.82, 2.24) is 4.98 Å². The predicted octanol–water partition coefficient (Wildman–Crippen LogP) is 4.60. The van der Waals surface area contributed by atoms with Crippen LogP contribution in [0.1, 0.15) is 36.0 Å². The summed E-state index contributed by atoms with van der Waals surface area (Å²) >= 11 is 0. The summed E-state index contributed by atoms with van der Waals surface area (Å²) in [5, 5.41) is 10.1. The lowest BCUT2D eigenvalue weighted by Gasteiger charge is -2.22. The molecule has 1 aromatic heterocycles. The molecule has 3 aromatic rings. The molecule has 0 unspecified atom stereocenters. The molecule has 0 aliphatic carbocycles. The summed E-state index contributed by atoms with van der Waals surface area (Å²) in [4.78, 5) is 29.6. The quantitative estimate of drug-likeness (QED) is 0.516. The number of aromatic amines is 1. The lowest BCUT2D eigenvalue weighted by atomic mass is 10.1. The van der Waals surface area contributed by atoms with E-state index >= 15 is 0 Å². The molecule has 0 fully saturated rings. The van der Waals surface area contributed by atoms with Gasteiger partial charge in [-0.1, -0.05) is 24.3 Å². The van der Waals surface area contributed by atoms with Crippen molar-refractivity contribution in [3.8, 4) is 6.07 Å². The minimum Gasteiger partial charge on any atom is -0.456 e. The van der Waals surface area contributed by atoms with E-state index in [1.54, 1.807) is 0 Å². The Bertz CT molecular complexity index is 1090. The first-order chi connectivity index (χ1) is 15.0. The first kappa shape index (κ1) is 22.1. The van der Waals surface area contributed by atoms with Crippen LogP contribution in [-0.2, 0) is 20.7 Å². The minimum absolute atomic E-state index is 0.206. The first-order valence-corrected chi connectivity index (χ1v) is 10.4. The zero-order valence-electron chi connectivity index (χ0n) is 18.0. The lowest BCUT2D eigenvalue weighted by Crippen LogP contribution is -2.35. The number of hydrogen-bond donors (Lipinski definition) is 1. The van der Waals surface area contributed by atoms with Crippen molar-refractivity contribution in [2.45, 2.75) is 39.5 Å². The van der Waals surface area contributed by atoms with Gasteiger partial charge in [0.15, 0.2) is 6.61 Å². The standard InChI is InChI=1S/C25H27N3O3/c1-18-13-19(2)15-21(14-18)28(12-6-11-26)24(29)17-31-25(30)10-5-7-20-16-27-23-9-4-3-8-22(20)23/h3-4,8-9,13-16,27H,5-7,10,12,17H2,1-2H3. The SMILES string of the molecule is Cc1cc(C)cc(N(CCC#N)C(=O)COC(=O)CCCc2c[nH]c3ccccc23)c1. The number of nitrogens with one attached hydrogen (secondary N) is 1. The second-order valence-electron chi connectivity index (χ2n) is 7.67. The Morgan fingerprint density at radius 3 is 2.61 bits per heavy atom. The fraction of sp³-hybridized carbons (Fsp3) is 0.320. The number of rotatable bonds is 9. The molecule has 0 aliphatic rings. The molecule has 0 saturated carbocycles. The Morgan fingerprint density at radius 1 is 1.13 bits per heavy atom. The van der Waals surface area contributed by atoms with Gasteiger partial charge in [-0.3, -0.25) is 9.59 Å². The summed E-state index contributed by atoms with van der Waals surface area (Å²) in [6.45, 7) is 3.84. The van der Waals surface area contributed by atoms with Crippen LogP contribution in [0, 0.1) is 25.2 Å². The highest BCUT2D eigenvalue weighted by molar-refractivity contribution is 5.95. The summed E-state index contributed by atoms with van der Waals surface area (Å²) in [5.41, 5.74) is 5.01. The number of H-pyrrole nitrogens is 1. The maximum atomic E-state index is 12.7. The summed E-state index contributed by atoms with van der Waals surface area (Å²) in [7, 11) is 0. The summed E-state index contributed by atoms with van der Waals surface area (Å²) in [5.74, 6) is -0.723. The van der Waals surface area contributed by atoms with Crippen molar-refractivity contribution in [2.24, 2.45) is 0 Å². The number of aromatic nitrogens is 1. The van der Waals surface area contributed by atoms with E-state index in [2.05, 4.69) is 17.1 Å². The van der Waals surface area contributed by atoms with Gasteiger partial charge in [-0.05, 0) is 61.6 Å². The van der Waals surface area contributed by atoms with E-state index in [1.807, 2.05) is 56.4 Å². The number of ether oxygens (including phenoxy) is 1. The van der Waals surface area contributed by atoms with Crippen LogP contribution in [0.2, 0.25) is 0 Å². The molecule has 0 aliphatic heterocycles. The molecule has 160 valence electrons. The predicted molar refractivity (Wildman–Crippen MR) is 121 cm³/mol. The number of esters is 1. The number of nitrogens with zero attached hydrogens (tertiary/aromatic N) is 2. The van der Waals surface area contributed by atoms with Crippen molar-refractivity contribution >= 4 is 28.5 Å². The third kappa shape index (κ3) is 5.95. The average molecular weight is 418 g/mol. The zero-order valence-corrected chi connectivity index (χ0v) is 18.0. The van der Waals surface area contributed by atoms with Crippen molar-refractivity contribution < 1.29 is 14.3 Å². The second-order valence-corrected chi connectivity index (χ2v) is 7.67. The molecule has 6 heteroatoms. The maximum absolute atomic E-state index is 12.7. The number of hydrogen-bond acceptors (Lipinski definition) is 4. The minimum atomic E-state index is -0.395. The number of amides is 1. The second kappa shape index (κ2) is 10.4. The van der Waals surface area contributed by atoms with E-state index in [1.165, 1.54) is 4.90 Å². The van der Waals surface area contributed by atoms with Crippen molar-refractivity contribution in [2.75, 3.05) is 18.1 Å². The van der Waals surface area contributed by atoms with E-state index < -0.39 is 5.97 Å². The van der Waals surface area contributed by atoms with Crippen LogP contribution in [0.15, 0.2) is 48.7 Å². The number of carbonyl (C=O) groups excluding carboxylic acids is 2. The Labute approximate surface area is 182 Å². The number of aryl methyl sites for hydroxylation is 3. The molecule has 31 heavy (non-hydrogen) atoms. The topological polar surface area (TPSA) is 86.2 Å². The Kier molecular flexibility index (Phi) is 7.45. The van der Waals surface area contributed by atoms with Gasteiger partial charge in [0.2, 0.25) is 0 Å². The number of para-hydroxylation sites is 1. The van der Waals surface area contributed by atoms with Gasteiger partial charge in [-0.2, -0.15) is 5.26 Å². The molecule has 0 bridgehead atoms. The van der Waals surface area contributed by atoms with Gasteiger partial charge in [0.1, 0.15) is 0 Å². The third-order valence-corrected chi connectivity index (χ3v) is 5.12. The van der Waals surface area contributed by atoms with Gasteiger partial charge in [-0.25, -0.2) is 0 Å². The van der Waals surface area contributed by atoms with Gasteiger partial charge in [0, 0.05) is 35.8 Å². The largest absolute Gasteiger partial charge is 0.456 e. The van der Waals surface area contributed by atoms with Gasteiger partial charge in [0.25, 0.3) is 5.91 Å². The van der Waals surface area contributed by atoms with E-state index in [9.17, 15) is 9.59 Å². The first-order valence-electron chi connectivity index (χ1n) is 10.4. The van der Waals surface area contributed by atoms with E-state index in [-0.39, 0.29) is 31.9 Å². The highest BCUT2D eigenvalue weighted by atomic mass is 16.5. The molecule has 1 N–H and O–H groups in total. The van der Waals surface area contributed by atoms with E-state index in [0.29, 0.717) is 12.1 Å². The van der Waals surface area contributed by atoms with Crippen LogP contribution in [0.4, 0.5) is 5.69 Å². The number of benzene rings is 2. The number of fused-ring (bicyclic) bond motifs is 1. The van der Waals surface area contributed by atoms with Gasteiger partial charge >= 0.3 is 5.97 Å². The lowest BCUT2D eigenvalue weighted by molar-refractivity contribution is -0.147. The third-order valence-electron chi connectivity index (χ3n) is 5.12. The molecule has 0 radical (unpaired) electrons. The summed E-state index contributed by atoms with van der Waals surface area (Å²) in [6.07, 6.45) is 3.82. The van der Waals surface area contributed by atoms with E-state index in [0.717, 1.165) is 34.0 Å². The molecular weight excluding hydrogens is 390 g/mol. The maximum Gasteiger partial charge on any atom is 0.306 e. The van der Waals surface area contributed by atoms with Gasteiger partial charge < -0.3 is 14.6 Å².